The van der Waals surface area contributed by atoms with Crippen molar-refractivity contribution in [3.8, 4) is 17.2 Å². The number of fused-ring (bicyclic) bond motifs is 4. The summed E-state index contributed by atoms with van der Waals surface area (Å²) in [4.78, 5) is 12.6. The SMILES string of the molecule is CC1=C2NOC(Nc3ccc4c(c3)OCO4)(N=C1)N2c1ccc2c(c1)NCO2. The van der Waals surface area contributed by atoms with Crippen LogP contribution in [0.2, 0.25) is 0 Å². The van der Waals surface area contributed by atoms with Gasteiger partial charge in [0.25, 0.3) is 0 Å². The highest BCUT2D eigenvalue weighted by Crippen LogP contribution is 2.43. The largest absolute Gasteiger partial charge is 0.471 e. The Hall–Kier alpha value is -3.59. The minimum atomic E-state index is -1.17. The standard InChI is InChI=1S/C19H17N5O4/c1-11-8-21-19(22-12-2-4-16-17(6-12)27-10-26-16)24(18(11)23-28-19)13-3-5-15-14(7-13)20-9-25-15/h2-8,20,22-23H,9-10H2,1H3. The second-order valence-electron chi connectivity index (χ2n) is 6.78. The number of hydrogen-bond acceptors (Lipinski definition) is 9. The average molecular weight is 379 g/mol. The number of hydroxylamine groups is 1. The lowest BCUT2D eigenvalue weighted by atomic mass is 10.2. The Bertz CT molecular complexity index is 1050. The first kappa shape index (κ1) is 15.5. The maximum Gasteiger partial charge on any atom is 0.351 e. The maximum atomic E-state index is 5.93. The molecule has 9 heteroatoms. The van der Waals surface area contributed by atoms with E-state index in [9.17, 15) is 0 Å². The number of rotatable bonds is 3. The van der Waals surface area contributed by atoms with Gasteiger partial charge in [0.05, 0.1) is 11.4 Å². The predicted molar refractivity (Wildman–Crippen MR) is 102 cm³/mol. The van der Waals surface area contributed by atoms with Gasteiger partial charge < -0.3 is 24.8 Å². The van der Waals surface area contributed by atoms with Crippen molar-refractivity contribution in [3.63, 3.8) is 0 Å². The van der Waals surface area contributed by atoms with Crippen LogP contribution in [0.3, 0.4) is 0 Å². The van der Waals surface area contributed by atoms with Crippen molar-refractivity contribution in [3.05, 3.63) is 47.8 Å². The van der Waals surface area contributed by atoms with E-state index in [0.29, 0.717) is 12.5 Å². The first-order valence-electron chi connectivity index (χ1n) is 8.91. The van der Waals surface area contributed by atoms with E-state index in [1.165, 1.54) is 0 Å². The number of ether oxygens (including phenoxy) is 3. The summed E-state index contributed by atoms with van der Waals surface area (Å²) in [6.07, 6.45) is 1.79. The number of aliphatic imine (C=N–C) groups is 1. The molecule has 142 valence electrons. The van der Waals surface area contributed by atoms with Crippen molar-refractivity contribution in [2.24, 2.45) is 4.99 Å². The fraction of sp³-hybridized carbons (Fsp3) is 0.211. The molecule has 0 radical (unpaired) electrons. The number of hydrogen-bond donors (Lipinski definition) is 3. The van der Waals surface area contributed by atoms with Gasteiger partial charge in [-0.3, -0.25) is 4.90 Å². The zero-order chi connectivity index (χ0) is 18.7. The van der Waals surface area contributed by atoms with Crippen molar-refractivity contribution in [2.75, 3.05) is 29.1 Å². The number of allylic oxidation sites excluding steroid dienone is 1. The van der Waals surface area contributed by atoms with Crippen LogP contribution in [0, 0.1) is 0 Å². The zero-order valence-electron chi connectivity index (χ0n) is 15.0. The Morgan fingerprint density at radius 1 is 1.07 bits per heavy atom. The molecular formula is C19H17N5O4. The third kappa shape index (κ3) is 2.13. The van der Waals surface area contributed by atoms with Gasteiger partial charge in [0.1, 0.15) is 11.6 Å². The van der Waals surface area contributed by atoms with Crippen molar-refractivity contribution >= 4 is 23.3 Å². The van der Waals surface area contributed by atoms with Crippen LogP contribution in [0.5, 0.6) is 17.2 Å². The fourth-order valence-electron chi connectivity index (χ4n) is 3.64. The smallest absolute Gasteiger partial charge is 0.351 e. The summed E-state index contributed by atoms with van der Waals surface area (Å²) in [6.45, 7) is 2.67. The van der Waals surface area contributed by atoms with E-state index in [-0.39, 0.29) is 6.79 Å². The number of benzene rings is 2. The molecule has 4 aliphatic rings. The molecule has 2 aromatic carbocycles. The number of nitrogens with one attached hydrogen (secondary N) is 3. The van der Waals surface area contributed by atoms with E-state index in [1.54, 1.807) is 6.21 Å². The normalized spacial score (nSPS) is 23.2. The molecule has 28 heavy (non-hydrogen) atoms. The lowest BCUT2D eigenvalue weighted by molar-refractivity contribution is -0.0214. The second kappa shape index (κ2) is 5.46. The summed E-state index contributed by atoms with van der Waals surface area (Å²) in [5.74, 6) is 1.88. The molecule has 4 aliphatic heterocycles. The molecule has 9 nitrogen and oxygen atoms in total. The van der Waals surface area contributed by atoms with E-state index in [1.807, 2.05) is 48.2 Å². The van der Waals surface area contributed by atoms with Crippen LogP contribution in [-0.2, 0) is 4.84 Å². The maximum absolute atomic E-state index is 5.93. The number of anilines is 3. The molecule has 4 heterocycles. The molecule has 0 amide bonds. The van der Waals surface area contributed by atoms with Crippen LogP contribution in [0.15, 0.2) is 52.8 Å². The fourth-order valence-corrected chi connectivity index (χ4v) is 3.64. The molecule has 2 bridgehead atoms. The topological polar surface area (TPSA) is 88.6 Å². The molecule has 1 atom stereocenters. The van der Waals surface area contributed by atoms with Crippen molar-refractivity contribution in [2.45, 2.75) is 12.9 Å². The molecule has 0 aromatic heterocycles. The van der Waals surface area contributed by atoms with Gasteiger partial charge in [0, 0.05) is 23.5 Å². The first-order valence-corrected chi connectivity index (χ1v) is 8.91. The molecule has 0 spiro atoms. The monoisotopic (exact) mass is 379 g/mol. The molecule has 6 rings (SSSR count). The van der Waals surface area contributed by atoms with Gasteiger partial charge >= 0.3 is 5.97 Å². The summed E-state index contributed by atoms with van der Waals surface area (Å²) in [7, 11) is 0. The Morgan fingerprint density at radius 2 is 1.96 bits per heavy atom. The van der Waals surface area contributed by atoms with Gasteiger partial charge in [-0.1, -0.05) is 0 Å². The molecule has 2 aromatic rings. The van der Waals surface area contributed by atoms with Gasteiger partial charge in [0.2, 0.25) is 6.79 Å². The molecule has 3 N–H and O–H groups in total. The minimum Gasteiger partial charge on any atom is -0.471 e. The number of nitrogens with zero attached hydrogens (tertiary/aromatic N) is 2. The second-order valence-corrected chi connectivity index (χ2v) is 6.78. The van der Waals surface area contributed by atoms with Gasteiger partial charge in [-0.25, -0.2) is 15.3 Å². The van der Waals surface area contributed by atoms with Crippen molar-refractivity contribution < 1.29 is 19.0 Å². The van der Waals surface area contributed by atoms with Gasteiger partial charge in [-0.2, -0.15) is 0 Å². The van der Waals surface area contributed by atoms with E-state index in [0.717, 1.165) is 40.0 Å². The van der Waals surface area contributed by atoms with E-state index >= 15 is 0 Å². The zero-order valence-corrected chi connectivity index (χ0v) is 15.0. The minimum absolute atomic E-state index is 0.225. The van der Waals surface area contributed by atoms with E-state index in [4.69, 9.17) is 19.0 Å². The Balaban J connectivity index is 1.41. The third-order valence-corrected chi connectivity index (χ3v) is 5.01. The Kier molecular flexibility index (Phi) is 3.01. The highest BCUT2D eigenvalue weighted by molar-refractivity contribution is 5.85. The van der Waals surface area contributed by atoms with Crippen molar-refractivity contribution in [1.82, 2.24) is 5.48 Å². The average Bonchev–Trinajstić information content (AvgIpc) is 3.41. The Morgan fingerprint density at radius 3 is 2.93 bits per heavy atom. The highest BCUT2D eigenvalue weighted by atomic mass is 16.7. The van der Waals surface area contributed by atoms with E-state index in [2.05, 4.69) is 21.1 Å². The van der Waals surface area contributed by atoms with Crippen LogP contribution in [-0.4, -0.2) is 25.7 Å². The molecule has 1 saturated heterocycles. The van der Waals surface area contributed by atoms with Gasteiger partial charge in [-0.05, 0) is 37.3 Å². The quantitative estimate of drug-likeness (QED) is 0.750. The lowest BCUT2D eigenvalue weighted by Crippen LogP contribution is -2.51. The van der Waals surface area contributed by atoms with Crippen LogP contribution < -0.4 is 35.2 Å². The molecular weight excluding hydrogens is 362 g/mol. The van der Waals surface area contributed by atoms with Gasteiger partial charge in [0.15, 0.2) is 18.2 Å². The first-order chi connectivity index (χ1) is 13.7. The van der Waals surface area contributed by atoms with Crippen molar-refractivity contribution in [1.29, 1.82) is 0 Å². The molecule has 0 saturated carbocycles. The summed E-state index contributed by atoms with van der Waals surface area (Å²) < 4.78 is 16.4. The van der Waals surface area contributed by atoms with Crippen LogP contribution in [0.25, 0.3) is 0 Å². The molecule has 1 unspecified atom stereocenters. The lowest BCUT2D eigenvalue weighted by Gasteiger charge is -2.36. The van der Waals surface area contributed by atoms with E-state index < -0.39 is 5.97 Å². The summed E-state index contributed by atoms with van der Waals surface area (Å²) in [5, 5.41) is 6.59. The summed E-state index contributed by atoms with van der Waals surface area (Å²) in [5.41, 5.74) is 6.60. The molecule has 1 fully saturated rings. The summed E-state index contributed by atoms with van der Waals surface area (Å²) >= 11 is 0. The summed E-state index contributed by atoms with van der Waals surface area (Å²) in [6, 6.07) is 11.6. The molecule has 0 aliphatic carbocycles. The predicted octanol–water partition coefficient (Wildman–Crippen LogP) is 2.56. The van der Waals surface area contributed by atoms with Crippen LogP contribution in [0.1, 0.15) is 6.92 Å². The van der Waals surface area contributed by atoms with Crippen LogP contribution in [0.4, 0.5) is 17.1 Å². The Labute approximate surface area is 160 Å². The highest BCUT2D eigenvalue weighted by Gasteiger charge is 2.49. The van der Waals surface area contributed by atoms with Crippen LogP contribution >= 0.6 is 0 Å². The van der Waals surface area contributed by atoms with Gasteiger partial charge in [-0.15, -0.1) is 0 Å². The third-order valence-electron chi connectivity index (χ3n) is 5.01.